The molecule has 9 heteroatoms. The molecule has 0 aliphatic carbocycles. The summed E-state index contributed by atoms with van der Waals surface area (Å²) in [6.07, 6.45) is -2.34. The topological polar surface area (TPSA) is 92.4 Å². The molecule has 132 valence electrons. The van der Waals surface area contributed by atoms with Gasteiger partial charge in [-0.1, -0.05) is 13.8 Å². The van der Waals surface area contributed by atoms with Crippen LogP contribution in [0.3, 0.4) is 0 Å². The van der Waals surface area contributed by atoms with Crippen LogP contribution in [0, 0.1) is 11.3 Å². The number of aromatic nitrogens is 3. The molecule has 0 radical (unpaired) electrons. The van der Waals surface area contributed by atoms with Gasteiger partial charge in [-0.25, -0.2) is 9.50 Å². The van der Waals surface area contributed by atoms with Crippen LogP contribution in [0.25, 0.3) is 16.9 Å². The van der Waals surface area contributed by atoms with Crippen LogP contribution < -0.4 is 15.0 Å². The maximum atomic E-state index is 13.3. The molecule has 0 atom stereocenters. The largest absolute Gasteiger partial charge is 0.586 e. The summed E-state index contributed by atoms with van der Waals surface area (Å²) < 4.78 is 36.6. The molecule has 1 aliphatic rings. The Kier molecular flexibility index (Phi) is 3.27. The zero-order chi connectivity index (χ0) is 18.6. The average Bonchev–Trinajstić information content (AvgIpc) is 3.12. The Labute approximate surface area is 145 Å². The van der Waals surface area contributed by atoms with Gasteiger partial charge in [0.2, 0.25) is 0 Å². The zero-order valence-corrected chi connectivity index (χ0v) is 13.7. The lowest BCUT2D eigenvalue weighted by Crippen LogP contribution is -2.25. The molecule has 1 aliphatic heterocycles. The fraction of sp³-hybridized carbons (Fsp3) is 0.235. The Morgan fingerprint density at radius 3 is 2.73 bits per heavy atom. The number of halogens is 2. The van der Waals surface area contributed by atoms with Crippen molar-refractivity contribution in [1.29, 1.82) is 5.26 Å². The van der Waals surface area contributed by atoms with E-state index in [1.165, 1.54) is 28.9 Å². The number of hydrogen-bond donors (Lipinski definition) is 1. The highest BCUT2D eigenvalue weighted by molar-refractivity contribution is 5.70. The van der Waals surface area contributed by atoms with Gasteiger partial charge in [-0.3, -0.25) is 9.89 Å². The van der Waals surface area contributed by atoms with Crippen molar-refractivity contribution in [2.45, 2.75) is 26.1 Å². The third kappa shape index (κ3) is 2.30. The van der Waals surface area contributed by atoms with Gasteiger partial charge in [-0.05, 0) is 24.1 Å². The van der Waals surface area contributed by atoms with Gasteiger partial charge in [0.15, 0.2) is 17.1 Å². The summed E-state index contributed by atoms with van der Waals surface area (Å²) in [5.41, 5.74) is 1.12. The van der Waals surface area contributed by atoms with Crippen molar-refractivity contribution in [3.05, 3.63) is 45.9 Å². The van der Waals surface area contributed by atoms with Crippen LogP contribution in [-0.2, 0) is 0 Å². The minimum atomic E-state index is -3.73. The summed E-state index contributed by atoms with van der Waals surface area (Å²) in [7, 11) is 0. The molecule has 0 saturated carbocycles. The number of rotatable bonds is 2. The van der Waals surface area contributed by atoms with Crippen molar-refractivity contribution >= 4 is 5.65 Å². The number of aromatic amines is 1. The molecule has 0 fully saturated rings. The number of nitrogens with zero attached hydrogens (tertiary/aromatic N) is 3. The van der Waals surface area contributed by atoms with Crippen molar-refractivity contribution in [3.8, 4) is 28.8 Å². The van der Waals surface area contributed by atoms with Gasteiger partial charge in [0.05, 0.1) is 5.69 Å². The Morgan fingerprint density at radius 1 is 1.31 bits per heavy atom. The molecule has 3 aromatic rings. The monoisotopic (exact) mass is 358 g/mol. The van der Waals surface area contributed by atoms with Crippen LogP contribution in [0.1, 0.15) is 30.9 Å². The average molecular weight is 358 g/mol. The van der Waals surface area contributed by atoms with Crippen LogP contribution in [0.4, 0.5) is 8.78 Å². The second kappa shape index (κ2) is 5.29. The van der Waals surface area contributed by atoms with Gasteiger partial charge in [-0.2, -0.15) is 5.26 Å². The van der Waals surface area contributed by atoms with Gasteiger partial charge < -0.3 is 9.47 Å². The molecule has 0 saturated heterocycles. The normalized spacial score (nSPS) is 14.8. The zero-order valence-electron chi connectivity index (χ0n) is 13.7. The lowest BCUT2D eigenvalue weighted by Gasteiger charge is -2.12. The fourth-order valence-electron chi connectivity index (χ4n) is 2.95. The quantitative estimate of drug-likeness (QED) is 0.760. The maximum absolute atomic E-state index is 13.3. The van der Waals surface area contributed by atoms with Crippen molar-refractivity contribution in [3.63, 3.8) is 0 Å². The van der Waals surface area contributed by atoms with Crippen molar-refractivity contribution in [2.75, 3.05) is 0 Å². The van der Waals surface area contributed by atoms with E-state index in [1.54, 1.807) is 0 Å². The first-order valence-electron chi connectivity index (χ1n) is 7.75. The third-order valence-corrected chi connectivity index (χ3v) is 4.07. The lowest BCUT2D eigenvalue weighted by molar-refractivity contribution is -0.286. The first-order chi connectivity index (χ1) is 12.3. The van der Waals surface area contributed by atoms with E-state index in [0.717, 1.165) is 0 Å². The Balaban J connectivity index is 1.99. The Hall–Kier alpha value is -3.41. The molecule has 3 heterocycles. The van der Waals surface area contributed by atoms with E-state index in [2.05, 4.69) is 19.6 Å². The lowest BCUT2D eigenvalue weighted by atomic mass is 9.98. The van der Waals surface area contributed by atoms with Crippen LogP contribution in [0.2, 0.25) is 0 Å². The van der Waals surface area contributed by atoms with Gasteiger partial charge in [0.25, 0.3) is 5.56 Å². The second-order valence-corrected chi connectivity index (χ2v) is 6.12. The number of benzene rings is 1. The van der Waals surface area contributed by atoms with Gasteiger partial charge in [0, 0.05) is 17.3 Å². The summed E-state index contributed by atoms with van der Waals surface area (Å²) in [4.78, 5) is 17.3. The maximum Gasteiger partial charge on any atom is 0.586 e. The molecule has 1 N–H and O–H groups in total. The van der Waals surface area contributed by atoms with Gasteiger partial charge >= 0.3 is 6.29 Å². The molecule has 0 spiro atoms. The first-order valence-corrected chi connectivity index (χ1v) is 7.75. The number of fused-ring (bicyclic) bond motifs is 2. The first kappa shape index (κ1) is 16.1. The Bertz CT molecular complexity index is 1140. The van der Waals surface area contributed by atoms with E-state index in [4.69, 9.17) is 0 Å². The van der Waals surface area contributed by atoms with E-state index in [-0.39, 0.29) is 34.2 Å². The highest BCUT2D eigenvalue weighted by atomic mass is 19.3. The summed E-state index contributed by atoms with van der Waals surface area (Å²) in [6, 6.07) is 6.16. The molecule has 0 bridgehead atoms. The highest BCUT2D eigenvalue weighted by Crippen LogP contribution is 2.43. The van der Waals surface area contributed by atoms with Crippen molar-refractivity contribution in [1.82, 2.24) is 14.6 Å². The third-order valence-electron chi connectivity index (χ3n) is 4.07. The predicted molar refractivity (Wildman–Crippen MR) is 86.3 cm³/mol. The van der Waals surface area contributed by atoms with E-state index < -0.39 is 6.29 Å². The molecule has 0 amide bonds. The molecule has 2 aromatic heterocycles. The van der Waals surface area contributed by atoms with E-state index in [1.807, 2.05) is 19.9 Å². The minimum absolute atomic E-state index is 0.0954. The molecule has 0 unspecified atom stereocenters. The number of nitrogens with one attached hydrogen (secondary N) is 1. The SMILES string of the molecule is CC(C)c1c(-c2ccc3c(c2)OC(F)(F)O3)nc2c(C#N)c[nH]n2c1=O. The molecule has 7 nitrogen and oxygen atoms in total. The Morgan fingerprint density at radius 2 is 2.04 bits per heavy atom. The molecule has 26 heavy (non-hydrogen) atoms. The number of hydrogen-bond acceptors (Lipinski definition) is 5. The van der Waals surface area contributed by atoms with Crippen molar-refractivity contribution < 1.29 is 18.3 Å². The van der Waals surface area contributed by atoms with E-state index in [0.29, 0.717) is 16.8 Å². The van der Waals surface area contributed by atoms with Gasteiger partial charge in [-0.15, -0.1) is 8.78 Å². The second-order valence-electron chi connectivity index (χ2n) is 6.12. The number of H-pyrrole nitrogens is 1. The van der Waals surface area contributed by atoms with Crippen LogP contribution in [-0.4, -0.2) is 20.9 Å². The molecular formula is C17H12F2N4O3. The van der Waals surface area contributed by atoms with Crippen LogP contribution in [0.5, 0.6) is 11.5 Å². The minimum Gasteiger partial charge on any atom is -0.395 e. The molecule has 1 aromatic carbocycles. The van der Waals surface area contributed by atoms with E-state index in [9.17, 15) is 18.8 Å². The number of ether oxygens (including phenoxy) is 2. The summed E-state index contributed by atoms with van der Waals surface area (Å²) in [5, 5.41) is 11.9. The molecule has 4 rings (SSSR count). The summed E-state index contributed by atoms with van der Waals surface area (Å²) >= 11 is 0. The summed E-state index contributed by atoms with van der Waals surface area (Å²) in [6.45, 7) is 3.65. The van der Waals surface area contributed by atoms with Crippen LogP contribution >= 0.6 is 0 Å². The van der Waals surface area contributed by atoms with E-state index >= 15 is 0 Å². The van der Waals surface area contributed by atoms with Crippen molar-refractivity contribution in [2.24, 2.45) is 0 Å². The number of nitriles is 1. The number of alkyl halides is 2. The van der Waals surface area contributed by atoms with Gasteiger partial charge in [0.1, 0.15) is 11.6 Å². The standard InChI is InChI=1S/C17H12F2N4O3/c1-8(2)13-14(22-15-10(6-20)7-21-23(15)16(13)24)9-3-4-11-12(5-9)26-17(18,19)25-11/h3-5,7-8,21H,1-2H3. The molecular weight excluding hydrogens is 346 g/mol. The smallest absolute Gasteiger partial charge is 0.395 e. The summed E-state index contributed by atoms with van der Waals surface area (Å²) in [5.74, 6) is -0.427. The highest BCUT2D eigenvalue weighted by Gasteiger charge is 2.43. The fourth-order valence-corrected chi connectivity index (χ4v) is 2.95. The van der Waals surface area contributed by atoms with Crippen LogP contribution in [0.15, 0.2) is 29.2 Å². The predicted octanol–water partition coefficient (Wildman–Crippen LogP) is 3.01.